The SMILES string of the molecule is COc1cc(OC)c(Cl)c(-c2cc3cnc(N[C@H]4CCOC4)nc3n(Cc3ccc(NC(=O)/C=C/CN(C)C)cc3)c2=O)c1Cl. The summed E-state index contributed by atoms with van der Waals surface area (Å²) in [5.74, 6) is 0.773. The predicted octanol–water partition coefficient (Wildman–Crippen LogP) is 5.09. The molecular formula is C32H34Cl2N6O5. The van der Waals surface area contributed by atoms with E-state index in [2.05, 4.69) is 15.6 Å². The predicted molar refractivity (Wildman–Crippen MR) is 177 cm³/mol. The van der Waals surface area contributed by atoms with E-state index in [1.165, 1.54) is 20.3 Å². The summed E-state index contributed by atoms with van der Waals surface area (Å²) in [6.07, 6.45) is 5.77. The number of likely N-dealkylation sites (N-methyl/N-ethyl adjacent to an activating group) is 1. The summed E-state index contributed by atoms with van der Waals surface area (Å²) in [5.41, 5.74) is 1.98. The number of fused-ring (bicyclic) bond motifs is 1. The van der Waals surface area contributed by atoms with Crippen LogP contribution in [0.25, 0.3) is 22.2 Å². The van der Waals surface area contributed by atoms with Crippen LogP contribution < -0.4 is 25.7 Å². The molecule has 1 aliphatic rings. The average molecular weight is 654 g/mol. The van der Waals surface area contributed by atoms with E-state index >= 15 is 0 Å². The van der Waals surface area contributed by atoms with Crippen LogP contribution in [-0.4, -0.2) is 79.5 Å². The molecule has 11 nitrogen and oxygen atoms in total. The lowest BCUT2D eigenvalue weighted by atomic mass is 10.0. The number of nitrogens with zero attached hydrogens (tertiary/aromatic N) is 4. The fourth-order valence-electron chi connectivity index (χ4n) is 4.94. The highest BCUT2D eigenvalue weighted by molar-refractivity contribution is 6.41. The Kier molecular flexibility index (Phi) is 10.2. The Morgan fingerprint density at radius 3 is 2.47 bits per heavy atom. The first-order chi connectivity index (χ1) is 21.7. The number of aromatic nitrogens is 3. The molecule has 1 atom stereocenters. The van der Waals surface area contributed by atoms with Crippen LogP contribution >= 0.6 is 23.2 Å². The molecule has 1 fully saturated rings. The van der Waals surface area contributed by atoms with E-state index in [4.69, 9.17) is 42.4 Å². The van der Waals surface area contributed by atoms with Gasteiger partial charge in [0, 0.05) is 48.1 Å². The quantitative estimate of drug-likeness (QED) is 0.214. The maximum atomic E-state index is 14.3. The van der Waals surface area contributed by atoms with Crippen LogP contribution in [0.15, 0.2) is 59.5 Å². The van der Waals surface area contributed by atoms with Gasteiger partial charge in [-0.2, -0.15) is 4.98 Å². The number of hydrogen-bond donors (Lipinski definition) is 2. The second-order valence-corrected chi connectivity index (χ2v) is 11.5. The number of benzene rings is 2. The molecule has 13 heteroatoms. The zero-order chi connectivity index (χ0) is 32.1. The van der Waals surface area contributed by atoms with Crippen molar-refractivity contribution >= 4 is 51.8 Å². The van der Waals surface area contributed by atoms with Gasteiger partial charge in [-0.1, -0.05) is 41.4 Å². The summed E-state index contributed by atoms with van der Waals surface area (Å²) in [4.78, 5) is 37.8. The van der Waals surface area contributed by atoms with Gasteiger partial charge in [-0.05, 0) is 44.3 Å². The van der Waals surface area contributed by atoms with Crippen LogP contribution in [0.5, 0.6) is 11.5 Å². The Morgan fingerprint density at radius 1 is 1.13 bits per heavy atom. The Bertz CT molecular complexity index is 1760. The Balaban J connectivity index is 1.57. The van der Waals surface area contributed by atoms with Gasteiger partial charge < -0.3 is 29.7 Å². The summed E-state index contributed by atoms with van der Waals surface area (Å²) >= 11 is 13.5. The number of pyridine rings is 1. The summed E-state index contributed by atoms with van der Waals surface area (Å²) in [6.45, 7) is 2.03. The molecule has 1 amide bonds. The molecule has 5 rings (SSSR count). The third kappa shape index (κ3) is 7.39. The van der Waals surface area contributed by atoms with E-state index < -0.39 is 0 Å². The molecule has 0 bridgehead atoms. The first kappa shape index (κ1) is 32.2. The van der Waals surface area contributed by atoms with Crippen molar-refractivity contribution in [1.82, 2.24) is 19.4 Å². The van der Waals surface area contributed by atoms with Gasteiger partial charge in [-0.15, -0.1) is 0 Å². The van der Waals surface area contributed by atoms with E-state index in [-0.39, 0.29) is 45.2 Å². The number of carbonyl (C=O) groups excluding carboxylic acids is 1. The lowest BCUT2D eigenvalue weighted by Gasteiger charge is -2.18. The third-order valence-electron chi connectivity index (χ3n) is 7.23. The van der Waals surface area contributed by atoms with Crippen molar-refractivity contribution in [3.8, 4) is 22.6 Å². The summed E-state index contributed by atoms with van der Waals surface area (Å²) in [6, 6.07) is 10.6. The third-order valence-corrected chi connectivity index (χ3v) is 7.99. The maximum absolute atomic E-state index is 14.3. The highest BCUT2D eigenvalue weighted by Gasteiger charge is 2.24. The second kappa shape index (κ2) is 14.3. The lowest BCUT2D eigenvalue weighted by molar-refractivity contribution is -0.111. The summed E-state index contributed by atoms with van der Waals surface area (Å²) in [5, 5.41) is 7.09. The minimum Gasteiger partial charge on any atom is -0.495 e. The lowest BCUT2D eigenvalue weighted by Crippen LogP contribution is -2.25. The minimum atomic E-state index is -0.376. The zero-order valence-electron chi connectivity index (χ0n) is 25.4. The van der Waals surface area contributed by atoms with Crippen molar-refractivity contribution in [2.75, 3.05) is 58.7 Å². The first-order valence-corrected chi connectivity index (χ1v) is 15.0. The van der Waals surface area contributed by atoms with E-state index in [1.807, 2.05) is 31.1 Å². The van der Waals surface area contributed by atoms with Crippen molar-refractivity contribution in [3.05, 3.63) is 80.7 Å². The number of carbonyl (C=O) groups is 1. The Morgan fingerprint density at radius 2 is 1.84 bits per heavy atom. The standard InChI is InChI=1S/C32H34Cl2N6O5/c1-39(2)12-5-6-26(41)36-21-9-7-19(8-10-21)17-40-30-20(16-35-32(38-30)37-22-11-13-45-18-22)14-23(31(40)42)27-28(33)24(43-3)15-25(44-4)29(27)34/h5-10,14-16,22H,11-13,17-18H2,1-4H3,(H,36,41)(H,35,37,38)/b6-5+/t22-/m0/s1. The fourth-order valence-corrected chi connectivity index (χ4v) is 5.64. The molecule has 4 aromatic rings. The molecule has 0 aliphatic carbocycles. The second-order valence-electron chi connectivity index (χ2n) is 10.8. The molecule has 2 aromatic heterocycles. The molecule has 0 radical (unpaired) electrons. The number of halogens is 2. The normalized spacial score (nSPS) is 14.8. The number of anilines is 2. The maximum Gasteiger partial charge on any atom is 0.260 e. The Labute approximate surface area is 270 Å². The van der Waals surface area contributed by atoms with Crippen molar-refractivity contribution in [2.45, 2.75) is 19.0 Å². The van der Waals surface area contributed by atoms with Gasteiger partial charge in [0.25, 0.3) is 5.56 Å². The topological polar surface area (TPSA) is 120 Å². The van der Waals surface area contributed by atoms with Gasteiger partial charge in [0.05, 0.1) is 49.0 Å². The van der Waals surface area contributed by atoms with Crippen molar-refractivity contribution < 1.29 is 19.0 Å². The van der Waals surface area contributed by atoms with Crippen LogP contribution in [0.1, 0.15) is 12.0 Å². The number of methoxy groups -OCH3 is 2. The molecule has 2 N–H and O–H groups in total. The highest BCUT2D eigenvalue weighted by atomic mass is 35.5. The monoisotopic (exact) mass is 652 g/mol. The van der Waals surface area contributed by atoms with E-state index in [0.29, 0.717) is 53.9 Å². The zero-order valence-corrected chi connectivity index (χ0v) is 26.9. The van der Waals surface area contributed by atoms with Gasteiger partial charge in [0.1, 0.15) is 17.1 Å². The number of rotatable bonds is 11. The highest BCUT2D eigenvalue weighted by Crippen LogP contribution is 2.45. The van der Waals surface area contributed by atoms with E-state index in [1.54, 1.807) is 41.1 Å². The first-order valence-electron chi connectivity index (χ1n) is 14.2. The van der Waals surface area contributed by atoms with Crippen molar-refractivity contribution in [1.29, 1.82) is 0 Å². The Hall–Kier alpha value is -4.16. The van der Waals surface area contributed by atoms with Crippen LogP contribution in [-0.2, 0) is 16.1 Å². The molecule has 0 unspecified atom stereocenters. The number of ether oxygens (including phenoxy) is 3. The van der Waals surface area contributed by atoms with Crippen molar-refractivity contribution in [3.63, 3.8) is 0 Å². The van der Waals surface area contributed by atoms with Crippen molar-refractivity contribution in [2.24, 2.45) is 0 Å². The number of nitrogens with one attached hydrogen (secondary N) is 2. The summed E-state index contributed by atoms with van der Waals surface area (Å²) in [7, 11) is 6.80. The van der Waals surface area contributed by atoms with Crippen LogP contribution in [0.4, 0.5) is 11.6 Å². The molecule has 236 valence electrons. The largest absolute Gasteiger partial charge is 0.495 e. The molecule has 1 aliphatic heterocycles. The van der Waals surface area contributed by atoms with Gasteiger partial charge >= 0.3 is 0 Å². The number of hydrogen-bond acceptors (Lipinski definition) is 9. The molecule has 0 spiro atoms. The average Bonchev–Trinajstić information content (AvgIpc) is 3.53. The van der Waals surface area contributed by atoms with Gasteiger partial charge in [-0.25, -0.2) is 4.98 Å². The fraction of sp³-hybridized carbons (Fsp3) is 0.312. The molecular weight excluding hydrogens is 619 g/mol. The van der Waals surface area contributed by atoms with E-state index in [0.717, 1.165) is 12.0 Å². The van der Waals surface area contributed by atoms with Crippen LogP contribution in [0.2, 0.25) is 10.0 Å². The molecule has 2 aromatic carbocycles. The van der Waals surface area contributed by atoms with E-state index in [9.17, 15) is 9.59 Å². The van der Waals surface area contributed by atoms with Gasteiger partial charge in [-0.3, -0.25) is 14.2 Å². The minimum absolute atomic E-state index is 0.0734. The van der Waals surface area contributed by atoms with Crippen LogP contribution in [0.3, 0.4) is 0 Å². The van der Waals surface area contributed by atoms with Crippen LogP contribution in [0, 0.1) is 0 Å². The molecule has 3 heterocycles. The molecule has 45 heavy (non-hydrogen) atoms. The van der Waals surface area contributed by atoms with Gasteiger partial charge in [0.15, 0.2) is 0 Å². The molecule has 1 saturated heterocycles. The molecule has 0 saturated carbocycles. The summed E-state index contributed by atoms with van der Waals surface area (Å²) < 4.78 is 17.9. The smallest absolute Gasteiger partial charge is 0.260 e. The van der Waals surface area contributed by atoms with Gasteiger partial charge in [0.2, 0.25) is 11.9 Å². The number of amides is 1.